The summed E-state index contributed by atoms with van der Waals surface area (Å²) in [5.74, 6) is 0.903. The van der Waals surface area contributed by atoms with E-state index in [4.69, 9.17) is 9.73 Å². The maximum absolute atomic E-state index is 13.8. The second kappa shape index (κ2) is 10.5. The van der Waals surface area contributed by atoms with Gasteiger partial charge in [0, 0.05) is 13.6 Å². The second-order valence-electron chi connectivity index (χ2n) is 8.87. The number of imide groups is 1. The van der Waals surface area contributed by atoms with Crippen LogP contribution in [0.3, 0.4) is 0 Å². The zero-order valence-electron chi connectivity index (χ0n) is 20.7. The number of hydrogen-bond acceptors (Lipinski definition) is 7. The molecule has 0 bridgehead atoms. The third kappa shape index (κ3) is 5.02. The number of guanidine groups is 1. The summed E-state index contributed by atoms with van der Waals surface area (Å²) in [5.41, 5.74) is 5.78. The number of methoxy groups -OCH3 is 1. The van der Waals surface area contributed by atoms with Crippen LogP contribution in [-0.2, 0) is 17.9 Å². The highest BCUT2D eigenvalue weighted by atomic mass is 16.5. The van der Waals surface area contributed by atoms with Crippen molar-refractivity contribution in [2.45, 2.75) is 25.3 Å². The molecule has 0 saturated carbocycles. The highest BCUT2D eigenvalue weighted by molar-refractivity contribution is 6.03. The summed E-state index contributed by atoms with van der Waals surface area (Å²) in [6.07, 6.45) is 1.01. The lowest BCUT2D eigenvalue weighted by Gasteiger charge is -2.41. The Morgan fingerprint density at radius 2 is 1.54 bits per heavy atom. The fourth-order valence-electron chi connectivity index (χ4n) is 4.49. The van der Waals surface area contributed by atoms with Gasteiger partial charge in [0.15, 0.2) is 12.2 Å². The van der Waals surface area contributed by atoms with E-state index in [1.807, 2.05) is 89.8 Å². The molecule has 0 radical (unpaired) electrons. The van der Waals surface area contributed by atoms with Gasteiger partial charge < -0.3 is 14.5 Å². The first-order valence-electron chi connectivity index (χ1n) is 12.0. The first kappa shape index (κ1) is 24.1. The van der Waals surface area contributed by atoms with E-state index in [0.29, 0.717) is 12.5 Å². The van der Waals surface area contributed by atoms with Crippen LogP contribution in [0.2, 0.25) is 0 Å². The number of carbonyl (C=O) groups excluding carboxylic acids is 2. The third-order valence-electron chi connectivity index (χ3n) is 6.47. The van der Waals surface area contributed by atoms with Gasteiger partial charge in [-0.05, 0) is 41.0 Å². The molecule has 1 saturated heterocycles. The van der Waals surface area contributed by atoms with Crippen molar-refractivity contribution in [2.24, 2.45) is 10.1 Å². The molecule has 3 amide bonds. The molecule has 9 nitrogen and oxygen atoms in total. The van der Waals surface area contributed by atoms with Gasteiger partial charge in [-0.2, -0.15) is 5.10 Å². The molecule has 1 fully saturated rings. The van der Waals surface area contributed by atoms with Gasteiger partial charge in [-0.3, -0.25) is 9.69 Å². The predicted molar refractivity (Wildman–Crippen MR) is 141 cm³/mol. The van der Waals surface area contributed by atoms with E-state index in [9.17, 15) is 9.59 Å². The molecule has 37 heavy (non-hydrogen) atoms. The Morgan fingerprint density at radius 1 is 0.919 bits per heavy atom. The number of rotatable bonds is 7. The van der Waals surface area contributed by atoms with Crippen molar-refractivity contribution in [3.63, 3.8) is 0 Å². The molecule has 0 aromatic heterocycles. The molecule has 2 aliphatic rings. The van der Waals surface area contributed by atoms with E-state index in [2.05, 4.69) is 10.5 Å². The molecule has 0 aliphatic carbocycles. The third-order valence-corrected chi connectivity index (χ3v) is 6.47. The minimum Gasteiger partial charge on any atom is -0.497 e. The van der Waals surface area contributed by atoms with Crippen molar-refractivity contribution in [3.8, 4) is 5.75 Å². The molecule has 2 atom stereocenters. The predicted octanol–water partition coefficient (Wildman–Crippen LogP) is 3.28. The van der Waals surface area contributed by atoms with Crippen LogP contribution < -0.4 is 10.2 Å². The number of ether oxygens (including phenoxy) is 1. The number of carbonyl (C=O) groups is 2. The van der Waals surface area contributed by atoms with Crippen molar-refractivity contribution in [3.05, 3.63) is 102 Å². The molecule has 0 spiro atoms. The van der Waals surface area contributed by atoms with Crippen LogP contribution in [0, 0.1) is 0 Å². The monoisotopic (exact) mass is 496 g/mol. The molecular formula is C28H28N6O3. The molecule has 5 rings (SSSR count). The Kier molecular flexibility index (Phi) is 6.85. The highest BCUT2D eigenvalue weighted by Gasteiger charge is 2.52. The maximum atomic E-state index is 13.8. The van der Waals surface area contributed by atoms with Gasteiger partial charge >= 0.3 is 6.03 Å². The number of benzene rings is 3. The van der Waals surface area contributed by atoms with Crippen LogP contribution in [-0.4, -0.2) is 65.2 Å². The zero-order chi connectivity index (χ0) is 25.8. The van der Waals surface area contributed by atoms with E-state index in [1.54, 1.807) is 20.4 Å². The number of hydrazone groups is 1. The van der Waals surface area contributed by atoms with Crippen LogP contribution >= 0.6 is 0 Å². The molecule has 2 aliphatic heterocycles. The maximum Gasteiger partial charge on any atom is 0.328 e. The highest BCUT2D eigenvalue weighted by Crippen LogP contribution is 2.29. The molecule has 1 N–H and O–H groups in total. The van der Waals surface area contributed by atoms with Crippen LogP contribution in [0.4, 0.5) is 4.79 Å². The molecule has 188 valence electrons. The normalized spacial score (nSPS) is 19.3. The number of nitrogens with zero attached hydrogens (tertiary/aromatic N) is 5. The van der Waals surface area contributed by atoms with Gasteiger partial charge in [0.05, 0.1) is 19.9 Å². The number of aliphatic imine (C=N–C) groups is 1. The van der Waals surface area contributed by atoms with E-state index < -0.39 is 12.2 Å². The lowest BCUT2D eigenvalue weighted by Crippen LogP contribution is -2.64. The van der Waals surface area contributed by atoms with Crippen LogP contribution in [0.1, 0.15) is 16.7 Å². The van der Waals surface area contributed by atoms with E-state index >= 15 is 0 Å². The Morgan fingerprint density at radius 3 is 2.16 bits per heavy atom. The summed E-state index contributed by atoms with van der Waals surface area (Å²) in [5, 5.41) is 4.37. The molecule has 3 aromatic carbocycles. The molecule has 2 heterocycles. The summed E-state index contributed by atoms with van der Waals surface area (Å²) in [4.78, 5) is 36.4. The van der Waals surface area contributed by atoms with Crippen molar-refractivity contribution in [1.82, 2.24) is 20.1 Å². The fourth-order valence-corrected chi connectivity index (χ4v) is 4.49. The van der Waals surface area contributed by atoms with Crippen LogP contribution in [0.15, 0.2) is 95.0 Å². The number of amides is 3. The summed E-state index contributed by atoms with van der Waals surface area (Å²) >= 11 is 0. The van der Waals surface area contributed by atoms with Gasteiger partial charge in [0.1, 0.15) is 5.75 Å². The Balaban J connectivity index is 1.41. The topological polar surface area (TPSA) is 89.8 Å². The van der Waals surface area contributed by atoms with E-state index in [-0.39, 0.29) is 18.5 Å². The SMILES string of the molecule is COc1ccc(/C=N/NC2=NC3C(C(=O)N(Cc4ccccc4)C(=O)N3C)N2Cc2ccccc2)cc1. The number of nitrogens with one attached hydrogen (secondary N) is 1. The fraction of sp³-hybridized carbons (Fsp3) is 0.214. The first-order valence-corrected chi connectivity index (χ1v) is 12.0. The smallest absolute Gasteiger partial charge is 0.328 e. The average molecular weight is 497 g/mol. The largest absolute Gasteiger partial charge is 0.497 e. The second-order valence-corrected chi connectivity index (χ2v) is 8.87. The van der Waals surface area contributed by atoms with Gasteiger partial charge in [-0.1, -0.05) is 60.7 Å². The quantitative estimate of drug-likeness (QED) is 0.401. The zero-order valence-corrected chi connectivity index (χ0v) is 20.7. The van der Waals surface area contributed by atoms with Crippen molar-refractivity contribution < 1.29 is 14.3 Å². The number of hydrogen-bond donors (Lipinski definition) is 1. The van der Waals surface area contributed by atoms with Crippen LogP contribution in [0.5, 0.6) is 5.75 Å². The standard InChI is InChI=1S/C28H28N6O3/c1-32-25-24(26(35)34(28(32)36)19-22-11-7-4-8-12-22)33(18-21-9-5-3-6-10-21)27(30-25)31-29-17-20-13-15-23(37-2)16-14-20/h3-17,24-25H,18-19H2,1-2H3,(H,30,31)/b29-17+. The molecule has 9 heteroatoms. The Hall–Kier alpha value is -4.66. The number of fused-ring (bicyclic) bond motifs is 1. The van der Waals surface area contributed by atoms with Crippen molar-refractivity contribution in [1.29, 1.82) is 0 Å². The van der Waals surface area contributed by atoms with Crippen molar-refractivity contribution >= 4 is 24.1 Å². The van der Waals surface area contributed by atoms with Gasteiger partial charge in [-0.15, -0.1) is 0 Å². The van der Waals surface area contributed by atoms with Gasteiger partial charge in [0.25, 0.3) is 5.91 Å². The number of urea groups is 1. The first-order chi connectivity index (χ1) is 18.0. The van der Waals surface area contributed by atoms with Crippen LogP contribution in [0.25, 0.3) is 0 Å². The minimum atomic E-state index is -0.676. The lowest BCUT2D eigenvalue weighted by molar-refractivity contribution is -0.138. The lowest BCUT2D eigenvalue weighted by atomic mass is 10.1. The molecule has 2 unspecified atom stereocenters. The van der Waals surface area contributed by atoms with Gasteiger partial charge in [-0.25, -0.2) is 15.2 Å². The molecule has 3 aromatic rings. The summed E-state index contributed by atoms with van der Waals surface area (Å²) in [6, 6.07) is 25.8. The summed E-state index contributed by atoms with van der Waals surface area (Å²) < 4.78 is 5.20. The minimum absolute atomic E-state index is 0.198. The number of likely N-dealkylation sites (N-methyl/N-ethyl adjacent to an activating group) is 1. The average Bonchev–Trinajstić information content (AvgIpc) is 3.29. The summed E-state index contributed by atoms with van der Waals surface area (Å²) in [6.45, 7) is 0.627. The molecular weight excluding hydrogens is 468 g/mol. The van der Waals surface area contributed by atoms with Crippen molar-refractivity contribution in [2.75, 3.05) is 14.2 Å². The summed E-state index contributed by atoms with van der Waals surface area (Å²) in [7, 11) is 3.30. The van der Waals surface area contributed by atoms with E-state index in [0.717, 1.165) is 22.4 Å². The van der Waals surface area contributed by atoms with E-state index in [1.165, 1.54) is 9.80 Å². The van der Waals surface area contributed by atoms with Gasteiger partial charge in [0.2, 0.25) is 5.96 Å². The Labute approximate surface area is 215 Å². The Bertz CT molecular complexity index is 1310.